The second kappa shape index (κ2) is 7.84. The normalized spacial score (nSPS) is 11.4. The van der Waals surface area contributed by atoms with Crippen LogP contribution in [0.4, 0.5) is 4.39 Å². The van der Waals surface area contributed by atoms with E-state index in [0.29, 0.717) is 0 Å². The molecule has 19 heavy (non-hydrogen) atoms. The smallest absolute Gasteiger partial charge is 0.217 e. The van der Waals surface area contributed by atoms with Crippen LogP contribution in [0.1, 0.15) is 22.8 Å². The van der Waals surface area contributed by atoms with Crippen molar-refractivity contribution in [2.24, 2.45) is 7.05 Å². The maximum absolute atomic E-state index is 12.3. The molecule has 1 unspecified atom stereocenters. The molecule has 5 heteroatoms. The molecule has 1 aromatic carbocycles. The quantitative estimate of drug-likeness (QED) is 0.638. The van der Waals surface area contributed by atoms with Crippen LogP contribution in [0.5, 0.6) is 0 Å². The number of benzene rings is 1. The van der Waals surface area contributed by atoms with E-state index in [1.54, 1.807) is 7.05 Å². The van der Waals surface area contributed by atoms with E-state index >= 15 is 0 Å². The van der Waals surface area contributed by atoms with Crippen molar-refractivity contribution in [3.63, 3.8) is 0 Å². The minimum atomic E-state index is -1.63. The molecule has 1 atom stereocenters. The third kappa shape index (κ3) is 5.34. The van der Waals surface area contributed by atoms with Crippen LogP contribution in [0.15, 0.2) is 42.7 Å². The van der Waals surface area contributed by atoms with Gasteiger partial charge in [0.25, 0.3) is 0 Å². The molecule has 1 heterocycles. The summed E-state index contributed by atoms with van der Waals surface area (Å²) in [5.41, 5.74) is 1.68. The van der Waals surface area contributed by atoms with Gasteiger partial charge >= 0.3 is 0 Å². The molecule has 3 nitrogen and oxygen atoms in total. The van der Waals surface area contributed by atoms with E-state index in [2.05, 4.69) is 52.2 Å². The molecule has 0 radical (unpaired) electrons. The lowest BCUT2D eigenvalue weighted by atomic mass is 10.2. The van der Waals surface area contributed by atoms with Crippen molar-refractivity contribution in [2.45, 2.75) is 18.4 Å². The molecule has 0 bridgehead atoms. The minimum absolute atomic E-state index is 0.275. The molecule has 0 spiro atoms. The van der Waals surface area contributed by atoms with Crippen molar-refractivity contribution in [1.29, 1.82) is 0 Å². The third-order valence-electron chi connectivity index (χ3n) is 2.44. The van der Waals surface area contributed by atoms with Gasteiger partial charge in [0.05, 0.1) is 11.8 Å². The van der Waals surface area contributed by atoms with Crippen LogP contribution < -0.4 is 0 Å². The van der Waals surface area contributed by atoms with Crippen LogP contribution in [0.25, 0.3) is 0 Å². The Labute approximate surface area is 120 Å². The maximum atomic E-state index is 12.3. The molecule has 2 rings (SSSR count). The Bertz CT molecular complexity index is 511. The summed E-state index contributed by atoms with van der Waals surface area (Å²) < 4.78 is 13.8. The van der Waals surface area contributed by atoms with Gasteiger partial charge in [-0.1, -0.05) is 37.3 Å². The van der Waals surface area contributed by atoms with Crippen LogP contribution in [-0.4, -0.2) is 20.6 Å². The maximum Gasteiger partial charge on any atom is 0.217 e. The first-order chi connectivity index (χ1) is 9.04. The first-order valence-corrected chi connectivity index (χ1v) is 6.81. The fourth-order valence-electron chi connectivity index (χ4n) is 1.39. The van der Waals surface area contributed by atoms with Gasteiger partial charge in [-0.2, -0.15) is 5.10 Å². The van der Waals surface area contributed by atoms with Gasteiger partial charge in [-0.05, 0) is 27.9 Å². The van der Waals surface area contributed by atoms with E-state index < -0.39 is 10.9 Å². The van der Waals surface area contributed by atoms with Crippen molar-refractivity contribution >= 4 is 21.7 Å². The molecule has 0 amide bonds. The Morgan fingerprint density at radius 3 is 2.42 bits per heavy atom. The number of halogens is 2. The Morgan fingerprint density at radius 1 is 1.42 bits per heavy atom. The third-order valence-corrected chi connectivity index (χ3v) is 2.85. The Kier molecular flexibility index (Phi) is 6.42. The summed E-state index contributed by atoms with van der Waals surface area (Å²) >= 11 is 2.53. The standard InChI is InChI=1S/C8H10.C6H6BrFN2O/c1-2-8-6-4-3-5-7-8;1-10-3-4(2-9-10)5(11)6(7)8/h3-7H,2H2,1H3;2-3,6H,1H3. The van der Waals surface area contributed by atoms with Crippen molar-refractivity contribution < 1.29 is 9.18 Å². The lowest BCUT2D eigenvalue weighted by Gasteiger charge is -1.93. The van der Waals surface area contributed by atoms with Crippen LogP contribution in [0.2, 0.25) is 0 Å². The average Bonchev–Trinajstić information content (AvgIpc) is 2.86. The summed E-state index contributed by atoms with van der Waals surface area (Å²) in [7, 11) is 1.66. The first-order valence-electron chi connectivity index (χ1n) is 5.89. The highest BCUT2D eigenvalue weighted by molar-refractivity contribution is 9.09. The zero-order valence-corrected chi connectivity index (χ0v) is 12.5. The van der Waals surface area contributed by atoms with Crippen molar-refractivity contribution in [2.75, 3.05) is 0 Å². The number of aryl methyl sites for hydroxylation is 2. The molecule has 1 aromatic heterocycles. The van der Waals surface area contributed by atoms with Crippen LogP contribution in [0.3, 0.4) is 0 Å². The summed E-state index contributed by atoms with van der Waals surface area (Å²) in [6.07, 6.45) is 3.94. The largest absolute Gasteiger partial charge is 0.290 e. The molecular weight excluding hydrogens is 311 g/mol. The highest BCUT2D eigenvalue weighted by atomic mass is 79.9. The number of rotatable bonds is 3. The number of ketones is 1. The molecule has 0 aliphatic heterocycles. The van der Waals surface area contributed by atoms with Gasteiger partial charge in [0.2, 0.25) is 10.9 Å². The number of alkyl halides is 2. The van der Waals surface area contributed by atoms with E-state index in [-0.39, 0.29) is 5.56 Å². The molecule has 0 saturated carbocycles. The van der Waals surface area contributed by atoms with E-state index in [1.165, 1.54) is 22.6 Å². The molecule has 2 aromatic rings. The second-order valence-electron chi connectivity index (χ2n) is 3.91. The van der Waals surface area contributed by atoms with E-state index in [1.807, 2.05) is 6.07 Å². The minimum Gasteiger partial charge on any atom is -0.290 e. The Hall–Kier alpha value is -1.49. The SMILES string of the molecule is CCc1ccccc1.Cn1cc(C(=O)C(F)Br)cn1. The highest BCUT2D eigenvalue weighted by Gasteiger charge is 2.16. The lowest BCUT2D eigenvalue weighted by molar-refractivity contribution is 0.0942. The van der Waals surface area contributed by atoms with Gasteiger partial charge in [0.15, 0.2) is 0 Å². The number of Topliss-reactive ketones (excluding diaryl/α,β-unsaturated/α-hetero) is 1. The molecule has 0 N–H and O–H groups in total. The van der Waals surface area contributed by atoms with E-state index in [0.717, 1.165) is 6.42 Å². The summed E-state index contributed by atoms with van der Waals surface area (Å²) in [5.74, 6) is -0.599. The number of carbonyl (C=O) groups excluding carboxylic acids is 1. The van der Waals surface area contributed by atoms with Crippen LogP contribution in [-0.2, 0) is 13.5 Å². The lowest BCUT2D eigenvalue weighted by Crippen LogP contribution is -2.07. The summed E-state index contributed by atoms with van der Waals surface area (Å²) in [4.78, 5) is 10.9. The summed E-state index contributed by atoms with van der Waals surface area (Å²) in [5, 5.41) is 2.10. The second-order valence-corrected chi connectivity index (χ2v) is 4.71. The van der Waals surface area contributed by atoms with Gasteiger partial charge in [-0.25, -0.2) is 4.39 Å². The van der Waals surface area contributed by atoms with Crippen molar-refractivity contribution in [3.8, 4) is 0 Å². The predicted molar refractivity (Wildman–Crippen MR) is 77.2 cm³/mol. The molecular formula is C14H16BrFN2O. The van der Waals surface area contributed by atoms with E-state index in [4.69, 9.17) is 0 Å². The number of hydrogen-bond acceptors (Lipinski definition) is 2. The number of nitrogens with zero attached hydrogens (tertiary/aromatic N) is 2. The monoisotopic (exact) mass is 326 g/mol. The van der Waals surface area contributed by atoms with Gasteiger partial charge in [0, 0.05) is 13.2 Å². The number of carbonyl (C=O) groups is 1. The molecule has 0 fully saturated rings. The molecule has 102 valence electrons. The number of hydrogen-bond donors (Lipinski definition) is 0. The summed E-state index contributed by atoms with van der Waals surface area (Å²) in [6.45, 7) is 2.16. The molecule has 0 aliphatic carbocycles. The van der Waals surface area contributed by atoms with Gasteiger partial charge in [0.1, 0.15) is 0 Å². The number of aromatic nitrogens is 2. The molecule has 0 saturated heterocycles. The van der Waals surface area contributed by atoms with Gasteiger partial charge in [-0.3, -0.25) is 9.48 Å². The van der Waals surface area contributed by atoms with Crippen molar-refractivity contribution in [3.05, 3.63) is 53.9 Å². The van der Waals surface area contributed by atoms with Crippen molar-refractivity contribution in [1.82, 2.24) is 9.78 Å². The van der Waals surface area contributed by atoms with Crippen LogP contribution in [0, 0.1) is 0 Å². The predicted octanol–water partition coefficient (Wildman–Crippen LogP) is 3.54. The zero-order chi connectivity index (χ0) is 14.3. The molecule has 0 aliphatic rings. The van der Waals surface area contributed by atoms with Gasteiger partial charge in [-0.15, -0.1) is 0 Å². The van der Waals surface area contributed by atoms with Crippen LogP contribution >= 0.6 is 15.9 Å². The fourth-order valence-corrected chi connectivity index (χ4v) is 1.65. The fraction of sp³-hybridized carbons (Fsp3) is 0.286. The van der Waals surface area contributed by atoms with Gasteiger partial charge < -0.3 is 0 Å². The zero-order valence-electron chi connectivity index (χ0n) is 10.9. The topological polar surface area (TPSA) is 34.9 Å². The first kappa shape index (κ1) is 15.6. The average molecular weight is 327 g/mol. The summed E-state index contributed by atoms with van der Waals surface area (Å²) in [6, 6.07) is 10.5. The Balaban J connectivity index is 0.000000200. The highest BCUT2D eigenvalue weighted by Crippen LogP contribution is 2.09. The van der Waals surface area contributed by atoms with E-state index in [9.17, 15) is 9.18 Å². The Morgan fingerprint density at radius 2 is 2.05 bits per heavy atom.